The van der Waals surface area contributed by atoms with Crippen molar-refractivity contribution >= 4 is 11.6 Å². The van der Waals surface area contributed by atoms with E-state index in [-0.39, 0.29) is 5.38 Å². The molecule has 1 aromatic rings. The van der Waals surface area contributed by atoms with Gasteiger partial charge in [0, 0.05) is 23.3 Å². The van der Waals surface area contributed by atoms with Gasteiger partial charge in [0.25, 0.3) is 0 Å². The molecule has 2 rings (SSSR count). The summed E-state index contributed by atoms with van der Waals surface area (Å²) < 4.78 is 2.30. The minimum absolute atomic E-state index is 0.266. The minimum Gasteiger partial charge on any atom is -0.332 e. The molecule has 0 aromatic carbocycles. The molecule has 0 spiro atoms. The Morgan fingerprint density at radius 2 is 2.46 bits per heavy atom. The lowest BCUT2D eigenvalue weighted by molar-refractivity contribution is 0.667. The van der Waals surface area contributed by atoms with E-state index in [2.05, 4.69) is 9.55 Å². The average Bonchev–Trinajstić information content (AvgIpc) is 2.82. The van der Waals surface area contributed by atoms with Crippen LogP contribution in [-0.2, 0) is 6.42 Å². The second-order valence-corrected chi connectivity index (χ2v) is 4.59. The van der Waals surface area contributed by atoms with Crippen molar-refractivity contribution < 1.29 is 0 Å². The van der Waals surface area contributed by atoms with Crippen molar-refractivity contribution in [3.05, 3.63) is 18.2 Å². The highest BCUT2D eigenvalue weighted by Crippen LogP contribution is 2.35. The Morgan fingerprint density at radius 3 is 3.08 bits per heavy atom. The summed E-state index contributed by atoms with van der Waals surface area (Å²) in [7, 11) is 0. The van der Waals surface area contributed by atoms with Gasteiger partial charge in [-0.05, 0) is 32.6 Å². The molecule has 0 aliphatic heterocycles. The van der Waals surface area contributed by atoms with E-state index in [1.54, 1.807) is 0 Å². The Hall–Kier alpha value is -0.500. The summed E-state index contributed by atoms with van der Waals surface area (Å²) in [5, 5.41) is 0.266. The number of hydrogen-bond acceptors (Lipinski definition) is 1. The van der Waals surface area contributed by atoms with Crippen LogP contribution in [0, 0.1) is 0 Å². The molecule has 1 aliphatic carbocycles. The van der Waals surface area contributed by atoms with Crippen molar-refractivity contribution in [1.29, 1.82) is 0 Å². The van der Waals surface area contributed by atoms with E-state index in [9.17, 15) is 0 Å². The van der Waals surface area contributed by atoms with Gasteiger partial charge in [0.15, 0.2) is 0 Å². The zero-order valence-electron chi connectivity index (χ0n) is 7.91. The van der Waals surface area contributed by atoms with Crippen molar-refractivity contribution in [3.63, 3.8) is 0 Å². The number of imidazole rings is 1. The zero-order valence-corrected chi connectivity index (χ0v) is 8.67. The molecule has 1 saturated carbocycles. The largest absolute Gasteiger partial charge is 0.332 e. The molecule has 1 fully saturated rings. The predicted molar refractivity (Wildman–Crippen MR) is 54.1 cm³/mol. The van der Waals surface area contributed by atoms with E-state index >= 15 is 0 Å². The van der Waals surface area contributed by atoms with Gasteiger partial charge in [-0.15, -0.1) is 11.6 Å². The van der Waals surface area contributed by atoms with Gasteiger partial charge < -0.3 is 4.57 Å². The predicted octanol–water partition coefficient (Wildman–Crippen LogP) is 2.78. The van der Waals surface area contributed by atoms with Crippen LogP contribution in [0.15, 0.2) is 12.5 Å². The molecule has 0 N–H and O–H groups in total. The summed E-state index contributed by atoms with van der Waals surface area (Å²) in [4.78, 5) is 4.18. The number of aryl methyl sites for hydroxylation is 1. The van der Waals surface area contributed by atoms with E-state index in [1.807, 2.05) is 19.4 Å². The zero-order chi connectivity index (χ0) is 9.26. The Balaban J connectivity index is 1.98. The lowest BCUT2D eigenvalue weighted by Gasteiger charge is -2.06. The molecular weight excluding hydrogens is 184 g/mol. The molecule has 0 saturated heterocycles. The summed E-state index contributed by atoms with van der Waals surface area (Å²) in [6, 6.07) is 0.739. The molecule has 1 unspecified atom stereocenters. The van der Waals surface area contributed by atoms with E-state index in [4.69, 9.17) is 11.6 Å². The van der Waals surface area contributed by atoms with Crippen molar-refractivity contribution in [2.24, 2.45) is 0 Å². The quantitative estimate of drug-likeness (QED) is 0.681. The average molecular weight is 199 g/mol. The third kappa shape index (κ3) is 2.25. The van der Waals surface area contributed by atoms with Crippen molar-refractivity contribution in [3.8, 4) is 0 Å². The van der Waals surface area contributed by atoms with Crippen LogP contribution in [-0.4, -0.2) is 14.9 Å². The maximum atomic E-state index is 5.91. The number of rotatable bonds is 4. The van der Waals surface area contributed by atoms with Gasteiger partial charge in [0.05, 0.1) is 6.33 Å². The summed E-state index contributed by atoms with van der Waals surface area (Å²) in [6.45, 7) is 2.04. The molecule has 1 heterocycles. The lowest BCUT2D eigenvalue weighted by atomic mass is 10.2. The maximum Gasteiger partial charge on any atom is 0.0950 e. The van der Waals surface area contributed by atoms with Gasteiger partial charge in [-0.25, -0.2) is 4.98 Å². The molecule has 0 radical (unpaired) electrons. The molecule has 1 aromatic heterocycles. The monoisotopic (exact) mass is 198 g/mol. The van der Waals surface area contributed by atoms with E-state index in [0.29, 0.717) is 0 Å². The van der Waals surface area contributed by atoms with E-state index in [0.717, 1.165) is 18.9 Å². The van der Waals surface area contributed by atoms with Crippen LogP contribution in [0.2, 0.25) is 0 Å². The topological polar surface area (TPSA) is 17.8 Å². The third-order valence-corrected chi connectivity index (χ3v) is 2.70. The molecule has 0 amide bonds. The number of halogens is 1. The molecule has 1 aliphatic rings. The van der Waals surface area contributed by atoms with Crippen molar-refractivity contribution in [2.45, 2.75) is 44.0 Å². The number of alkyl halides is 1. The highest BCUT2D eigenvalue weighted by Gasteiger charge is 2.24. The number of aromatic nitrogens is 2. The molecule has 3 heteroatoms. The first-order valence-corrected chi connectivity index (χ1v) is 5.36. The van der Waals surface area contributed by atoms with Crippen LogP contribution in [0.4, 0.5) is 0 Å². The van der Waals surface area contributed by atoms with E-state index in [1.165, 1.54) is 18.5 Å². The Bertz CT molecular complexity index is 276. The van der Waals surface area contributed by atoms with E-state index < -0.39 is 0 Å². The van der Waals surface area contributed by atoms with Crippen molar-refractivity contribution in [2.75, 3.05) is 0 Å². The van der Waals surface area contributed by atoms with Gasteiger partial charge in [0.1, 0.15) is 0 Å². The van der Waals surface area contributed by atoms with Gasteiger partial charge in [-0.1, -0.05) is 0 Å². The highest BCUT2D eigenvalue weighted by molar-refractivity contribution is 6.20. The number of nitrogens with zero attached hydrogens (tertiary/aromatic N) is 2. The van der Waals surface area contributed by atoms with Crippen LogP contribution in [0.3, 0.4) is 0 Å². The Kier molecular flexibility index (Phi) is 2.58. The first kappa shape index (κ1) is 9.07. The highest BCUT2D eigenvalue weighted by atomic mass is 35.5. The Morgan fingerprint density at radius 1 is 1.69 bits per heavy atom. The molecular formula is C10H15ClN2. The van der Waals surface area contributed by atoms with Crippen LogP contribution >= 0.6 is 11.6 Å². The summed E-state index contributed by atoms with van der Waals surface area (Å²) in [5.41, 5.74) is 1.34. The third-order valence-electron chi connectivity index (χ3n) is 2.48. The fourth-order valence-corrected chi connectivity index (χ4v) is 1.66. The molecule has 2 nitrogen and oxygen atoms in total. The maximum absolute atomic E-state index is 5.91. The fourth-order valence-electron chi connectivity index (χ4n) is 1.55. The molecule has 13 heavy (non-hydrogen) atoms. The van der Waals surface area contributed by atoms with Crippen LogP contribution in [0.5, 0.6) is 0 Å². The lowest BCUT2D eigenvalue weighted by Crippen LogP contribution is -2.02. The first-order chi connectivity index (χ1) is 6.27. The number of hydrogen-bond donors (Lipinski definition) is 0. The van der Waals surface area contributed by atoms with Crippen LogP contribution in [0.25, 0.3) is 0 Å². The van der Waals surface area contributed by atoms with Crippen molar-refractivity contribution in [1.82, 2.24) is 9.55 Å². The van der Waals surface area contributed by atoms with Crippen LogP contribution in [0.1, 0.15) is 37.9 Å². The normalized spacial score (nSPS) is 18.9. The second-order valence-electron chi connectivity index (χ2n) is 3.84. The molecule has 1 atom stereocenters. The smallest absolute Gasteiger partial charge is 0.0950 e. The molecule has 72 valence electrons. The van der Waals surface area contributed by atoms with Crippen LogP contribution < -0.4 is 0 Å². The standard InChI is InChI=1S/C10H15ClN2/c1-8(11)2-3-10-6-12-7-13(10)9-4-5-9/h6-9H,2-5H2,1H3. The van der Waals surface area contributed by atoms with Gasteiger partial charge in [0.2, 0.25) is 0 Å². The fraction of sp³-hybridized carbons (Fsp3) is 0.700. The SMILES string of the molecule is CC(Cl)CCc1cncn1C1CC1. The van der Waals surface area contributed by atoms with Gasteiger partial charge in [-0.3, -0.25) is 0 Å². The Labute approximate surface area is 83.9 Å². The van der Waals surface area contributed by atoms with Gasteiger partial charge in [-0.2, -0.15) is 0 Å². The minimum atomic E-state index is 0.266. The summed E-state index contributed by atoms with van der Waals surface area (Å²) in [5.74, 6) is 0. The molecule has 0 bridgehead atoms. The summed E-state index contributed by atoms with van der Waals surface area (Å²) >= 11 is 5.91. The second kappa shape index (κ2) is 3.70. The first-order valence-electron chi connectivity index (χ1n) is 4.92. The summed E-state index contributed by atoms with van der Waals surface area (Å²) in [6.07, 6.45) is 8.66. The van der Waals surface area contributed by atoms with Gasteiger partial charge >= 0.3 is 0 Å².